The smallest absolute Gasteiger partial charge is 0.240 e. The van der Waals surface area contributed by atoms with Crippen molar-refractivity contribution in [3.8, 4) is 5.75 Å². The van der Waals surface area contributed by atoms with Gasteiger partial charge in [-0.1, -0.05) is 19.8 Å². The average molecular weight is 374 g/mol. The number of nitrogens with one attached hydrogen (secondary N) is 1. The first-order chi connectivity index (χ1) is 12.0. The Morgan fingerprint density at radius 3 is 2.88 bits per heavy atom. The second-order valence-electron chi connectivity index (χ2n) is 6.33. The molecule has 0 saturated carbocycles. The van der Waals surface area contributed by atoms with Gasteiger partial charge in [0.15, 0.2) is 11.6 Å². The summed E-state index contributed by atoms with van der Waals surface area (Å²) in [5, 5.41) is 0. The summed E-state index contributed by atoms with van der Waals surface area (Å²) in [4.78, 5) is -0.128. The van der Waals surface area contributed by atoms with Gasteiger partial charge in [-0.25, -0.2) is 17.5 Å². The van der Waals surface area contributed by atoms with Gasteiger partial charge < -0.3 is 15.2 Å². The molecular formula is C17H27FN2O4S. The van der Waals surface area contributed by atoms with Crippen LogP contribution in [0.3, 0.4) is 0 Å². The summed E-state index contributed by atoms with van der Waals surface area (Å²) in [7, 11) is -3.82. The number of hydrogen-bond donors (Lipinski definition) is 2. The number of hydrogen-bond acceptors (Lipinski definition) is 5. The first-order valence-electron chi connectivity index (χ1n) is 8.68. The lowest BCUT2D eigenvalue weighted by atomic mass is 10.1. The van der Waals surface area contributed by atoms with E-state index in [4.69, 9.17) is 15.2 Å². The van der Waals surface area contributed by atoms with E-state index in [-0.39, 0.29) is 29.1 Å². The number of halogens is 1. The summed E-state index contributed by atoms with van der Waals surface area (Å²) >= 11 is 0. The summed E-state index contributed by atoms with van der Waals surface area (Å²) in [6.45, 7) is 3.88. The van der Waals surface area contributed by atoms with E-state index in [2.05, 4.69) is 4.72 Å². The van der Waals surface area contributed by atoms with Gasteiger partial charge >= 0.3 is 0 Å². The Morgan fingerprint density at radius 1 is 1.48 bits per heavy atom. The fourth-order valence-electron chi connectivity index (χ4n) is 2.65. The Kier molecular flexibility index (Phi) is 7.61. The summed E-state index contributed by atoms with van der Waals surface area (Å²) in [6.07, 6.45) is 3.36. The lowest BCUT2D eigenvalue weighted by Gasteiger charge is -2.17. The molecule has 0 aromatic heterocycles. The lowest BCUT2D eigenvalue weighted by molar-refractivity contribution is 0.165. The second kappa shape index (κ2) is 9.47. The number of nitrogens with two attached hydrogens (primary N) is 1. The van der Waals surface area contributed by atoms with Crippen LogP contribution in [0.5, 0.6) is 5.75 Å². The van der Waals surface area contributed by atoms with Crippen LogP contribution in [0.15, 0.2) is 23.1 Å². The first-order valence-corrected chi connectivity index (χ1v) is 10.2. The molecule has 2 rings (SSSR count). The number of unbranched alkanes of at least 4 members (excludes halogenated alkanes) is 1. The minimum atomic E-state index is -3.82. The molecule has 1 aromatic rings. The van der Waals surface area contributed by atoms with Crippen molar-refractivity contribution >= 4 is 10.0 Å². The Morgan fingerprint density at radius 2 is 2.28 bits per heavy atom. The van der Waals surface area contributed by atoms with Crippen molar-refractivity contribution in [2.75, 3.05) is 26.4 Å². The molecule has 0 radical (unpaired) electrons. The van der Waals surface area contributed by atoms with Gasteiger partial charge in [0, 0.05) is 25.1 Å². The Bertz CT molecular complexity index is 648. The van der Waals surface area contributed by atoms with E-state index in [1.807, 2.05) is 6.92 Å². The Balaban J connectivity index is 2.01. The van der Waals surface area contributed by atoms with Crippen molar-refractivity contribution in [1.29, 1.82) is 0 Å². The van der Waals surface area contributed by atoms with Crippen molar-refractivity contribution in [3.63, 3.8) is 0 Å². The third kappa shape index (κ3) is 5.91. The van der Waals surface area contributed by atoms with Crippen LogP contribution in [0.25, 0.3) is 0 Å². The molecule has 1 aromatic carbocycles. The van der Waals surface area contributed by atoms with Crippen LogP contribution in [0.4, 0.5) is 4.39 Å². The molecule has 2 atom stereocenters. The summed E-state index contributed by atoms with van der Waals surface area (Å²) in [5.74, 6) is -0.403. The van der Waals surface area contributed by atoms with Crippen LogP contribution in [-0.2, 0) is 14.8 Å². The van der Waals surface area contributed by atoms with Gasteiger partial charge in [0.25, 0.3) is 0 Å². The molecule has 1 fully saturated rings. The molecule has 25 heavy (non-hydrogen) atoms. The van der Waals surface area contributed by atoms with E-state index in [9.17, 15) is 12.8 Å². The highest BCUT2D eigenvalue weighted by atomic mass is 32.2. The molecular weight excluding hydrogens is 347 g/mol. The molecule has 8 heteroatoms. The quantitative estimate of drug-likeness (QED) is 0.654. The minimum Gasteiger partial charge on any atom is -0.490 e. The van der Waals surface area contributed by atoms with Gasteiger partial charge in [0.1, 0.15) is 0 Å². The van der Waals surface area contributed by atoms with E-state index in [0.717, 1.165) is 25.3 Å². The molecule has 2 unspecified atom stereocenters. The summed E-state index contributed by atoms with van der Waals surface area (Å²) in [5.41, 5.74) is 5.62. The predicted molar refractivity (Wildman–Crippen MR) is 93.5 cm³/mol. The molecule has 1 aliphatic heterocycles. The highest BCUT2D eigenvalue weighted by Gasteiger charge is 2.21. The third-order valence-electron chi connectivity index (χ3n) is 4.22. The normalized spacial score (nSPS) is 19.1. The average Bonchev–Trinajstić information content (AvgIpc) is 3.10. The van der Waals surface area contributed by atoms with Crippen LogP contribution >= 0.6 is 0 Å². The monoisotopic (exact) mass is 374 g/mol. The van der Waals surface area contributed by atoms with E-state index < -0.39 is 15.8 Å². The fraction of sp³-hybridized carbons (Fsp3) is 0.647. The van der Waals surface area contributed by atoms with E-state index >= 15 is 0 Å². The standard InChI is InChI=1S/C17H27FN2O4S/c1-2-3-4-14(10-19)20-25(21,22)15-5-6-17(16(18)9-15)24-12-13-7-8-23-11-13/h5-6,9,13-14,20H,2-4,7-8,10-12,19H2,1H3. The van der Waals surface area contributed by atoms with Crippen molar-refractivity contribution in [2.24, 2.45) is 11.7 Å². The molecule has 1 heterocycles. The van der Waals surface area contributed by atoms with Gasteiger partial charge in [-0.15, -0.1) is 0 Å². The topological polar surface area (TPSA) is 90.7 Å². The number of sulfonamides is 1. The summed E-state index contributed by atoms with van der Waals surface area (Å²) < 4.78 is 52.2. The maximum Gasteiger partial charge on any atom is 0.240 e. The molecule has 1 aliphatic rings. The van der Waals surface area contributed by atoms with E-state index in [1.54, 1.807) is 0 Å². The second-order valence-corrected chi connectivity index (χ2v) is 8.04. The van der Waals surface area contributed by atoms with E-state index in [1.165, 1.54) is 12.1 Å². The largest absolute Gasteiger partial charge is 0.490 e. The zero-order valence-corrected chi connectivity index (χ0v) is 15.4. The van der Waals surface area contributed by atoms with Crippen molar-refractivity contribution < 1.29 is 22.3 Å². The predicted octanol–water partition coefficient (Wildman–Crippen LogP) is 2.04. The molecule has 142 valence electrons. The van der Waals surface area contributed by atoms with Gasteiger partial charge in [0.05, 0.1) is 18.1 Å². The fourth-order valence-corrected chi connectivity index (χ4v) is 3.95. The molecule has 1 saturated heterocycles. The molecule has 0 spiro atoms. The maximum atomic E-state index is 14.2. The molecule has 3 N–H and O–H groups in total. The Hall–Kier alpha value is -1.22. The van der Waals surface area contributed by atoms with Crippen LogP contribution in [0.2, 0.25) is 0 Å². The van der Waals surface area contributed by atoms with Crippen molar-refractivity contribution in [1.82, 2.24) is 4.72 Å². The number of ether oxygens (including phenoxy) is 2. The summed E-state index contributed by atoms with van der Waals surface area (Å²) in [6, 6.07) is 3.32. The maximum absolute atomic E-state index is 14.2. The number of benzene rings is 1. The van der Waals surface area contributed by atoms with Gasteiger partial charge in [-0.2, -0.15) is 0 Å². The van der Waals surface area contributed by atoms with Crippen LogP contribution in [0, 0.1) is 11.7 Å². The molecule has 6 nitrogen and oxygen atoms in total. The third-order valence-corrected chi connectivity index (χ3v) is 5.74. The van der Waals surface area contributed by atoms with Crippen LogP contribution < -0.4 is 15.2 Å². The minimum absolute atomic E-state index is 0.0483. The van der Waals surface area contributed by atoms with E-state index in [0.29, 0.717) is 26.2 Å². The molecule has 0 amide bonds. The molecule has 0 bridgehead atoms. The van der Waals surface area contributed by atoms with Crippen LogP contribution in [0.1, 0.15) is 32.6 Å². The van der Waals surface area contributed by atoms with Crippen LogP contribution in [-0.4, -0.2) is 40.8 Å². The Labute approximate surface area is 148 Å². The lowest BCUT2D eigenvalue weighted by Crippen LogP contribution is -2.40. The van der Waals surface area contributed by atoms with Gasteiger partial charge in [-0.05, 0) is 31.0 Å². The van der Waals surface area contributed by atoms with Crippen molar-refractivity contribution in [3.05, 3.63) is 24.0 Å². The zero-order valence-electron chi connectivity index (χ0n) is 14.5. The highest BCUT2D eigenvalue weighted by Crippen LogP contribution is 2.23. The SMILES string of the molecule is CCCCC(CN)NS(=O)(=O)c1ccc(OCC2CCOC2)c(F)c1. The van der Waals surface area contributed by atoms with Crippen molar-refractivity contribution in [2.45, 2.75) is 43.5 Å². The van der Waals surface area contributed by atoms with Gasteiger partial charge in [0.2, 0.25) is 10.0 Å². The van der Waals surface area contributed by atoms with Gasteiger partial charge in [-0.3, -0.25) is 0 Å². The zero-order chi connectivity index (χ0) is 18.3. The highest BCUT2D eigenvalue weighted by molar-refractivity contribution is 7.89. The first kappa shape index (κ1) is 20.1. The molecule has 0 aliphatic carbocycles. The number of rotatable bonds is 10.